The number of hydrogen-bond acceptors (Lipinski definition) is 2. The summed E-state index contributed by atoms with van der Waals surface area (Å²) >= 11 is 0. The van der Waals surface area contributed by atoms with Crippen LogP contribution in [-0.2, 0) is 6.54 Å². The van der Waals surface area contributed by atoms with E-state index in [0.29, 0.717) is 0 Å². The molecule has 0 unspecified atom stereocenters. The molecule has 2 aromatic rings. The number of carbonyl (C=O) groups excluding carboxylic acids is 1. The third-order valence-electron chi connectivity index (χ3n) is 2.75. The first-order valence-corrected chi connectivity index (χ1v) is 6.71. The topological polar surface area (TPSA) is 20.3 Å². The van der Waals surface area contributed by atoms with Crippen LogP contribution >= 0.6 is 0 Å². The molecule has 2 heteroatoms. The maximum absolute atomic E-state index is 12.2. The van der Waals surface area contributed by atoms with Gasteiger partial charge in [0.25, 0.3) is 0 Å². The highest BCUT2D eigenvalue weighted by Gasteiger charge is 2.07. The number of carbonyl (C=O) groups is 1. The van der Waals surface area contributed by atoms with Crippen LogP contribution in [0.25, 0.3) is 0 Å². The molecule has 0 saturated heterocycles. The van der Waals surface area contributed by atoms with E-state index in [0.717, 1.165) is 17.7 Å². The van der Waals surface area contributed by atoms with E-state index in [-0.39, 0.29) is 5.78 Å². The van der Waals surface area contributed by atoms with E-state index in [1.807, 2.05) is 68.7 Å². The SMILES string of the molecule is CN(C)Cc1ccc(C(=O)c2ccccc2)cc1.[CH2]C. The third-order valence-corrected chi connectivity index (χ3v) is 2.75. The van der Waals surface area contributed by atoms with Crippen molar-refractivity contribution in [2.45, 2.75) is 13.5 Å². The number of rotatable bonds is 4. The number of hydrogen-bond donors (Lipinski definition) is 0. The van der Waals surface area contributed by atoms with Gasteiger partial charge in [0.05, 0.1) is 0 Å². The van der Waals surface area contributed by atoms with E-state index in [4.69, 9.17) is 0 Å². The summed E-state index contributed by atoms with van der Waals surface area (Å²) in [4.78, 5) is 14.3. The summed E-state index contributed by atoms with van der Waals surface area (Å²) in [6, 6.07) is 17.2. The standard InChI is InChI=1S/C16H17NO.C2H5/c1-17(2)12-13-8-10-15(11-9-13)16(18)14-6-4-3-5-7-14;1-2/h3-11H,12H2,1-2H3;1H2,2H3. The Morgan fingerprint density at radius 3 is 1.90 bits per heavy atom. The maximum atomic E-state index is 12.2. The Hall–Kier alpha value is -1.93. The number of nitrogens with zero attached hydrogens (tertiary/aromatic N) is 1. The van der Waals surface area contributed by atoms with Crippen LogP contribution in [0.3, 0.4) is 0 Å². The van der Waals surface area contributed by atoms with Crippen LogP contribution in [0.5, 0.6) is 0 Å². The lowest BCUT2D eigenvalue weighted by Crippen LogP contribution is -2.10. The van der Waals surface area contributed by atoms with Gasteiger partial charge in [0.1, 0.15) is 0 Å². The first kappa shape index (κ1) is 16.1. The van der Waals surface area contributed by atoms with Crippen LogP contribution < -0.4 is 0 Å². The van der Waals surface area contributed by atoms with Crippen molar-refractivity contribution in [3.05, 3.63) is 78.2 Å². The Labute approximate surface area is 122 Å². The Kier molecular flexibility index (Phi) is 6.68. The normalized spacial score (nSPS) is 9.85. The van der Waals surface area contributed by atoms with Gasteiger partial charge in [-0.25, -0.2) is 0 Å². The predicted octanol–water partition coefficient (Wildman–Crippen LogP) is 3.82. The summed E-state index contributed by atoms with van der Waals surface area (Å²) in [5, 5.41) is 0. The van der Waals surface area contributed by atoms with Gasteiger partial charge in [-0.3, -0.25) is 4.79 Å². The summed E-state index contributed by atoms with van der Waals surface area (Å²) in [5.74, 6) is 0.0759. The quantitative estimate of drug-likeness (QED) is 0.786. The molecule has 2 rings (SSSR count). The van der Waals surface area contributed by atoms with Crippen LogP contribution in [0.15, 0.2) is 54.6 Å². The minimum absolute atomic E-state index is 0.0759. The monoisotopic (exact) mass is 268 g/mol. The molecule has 0 spiro atoms. The lowest BCUT2D eigenvalue weighted by Gasteiger charge is -2.09. The summed E-state index contributed by atoms with van der Waals surface area (Å²) in [6.45, 7) is 5.89. The largest absolute Gasteiger partial charge is 0.305 e. The summed E-state index contributed by atoms with van der Waals surface area (Å²) in [7, 11) is 4.06. The van der Waals surface area contributed by atoms with Crippen molar-refractivity contribution in [3.63, 3.8) is 0 Å². The second kappa shape index (κ2) is 8.28. The molecule has 2 aromatic carbocycles. The Morgan fingerprint density at radius 1 is 0.900 bits per heavy atom. The van der Waals surface area contributed by atoms with Gasteiger partial charge < -0.3 is 4.90 Å². The highest BCUT2D eigenvalue weighted by atomic mass is 16.1. The fourth-order valence-electron chi connectivity index (χ4n) is 1.88. The van der Waals surface area contributed by atoms with Crippen LogP contribution in [-0.4, -0.2) is 24.8 Å². The molecule has 0 aliphatic rings. The molecule has 0 aliphatic carbocycles. The Balaban J connectivity index is 0.000000956. The molecule has 1 radical (unpaired) electrons. The summed E-state index contributed by atoms with van der Waals surface area (Å²) < 4.78 is 0. The molecular weight excluding hydrogens is 246 g/mol. The molecule has 0 atom stereocenters. The number of ketones is 1. The second-order valence-corrected chi connectivity index (χ2v) is 4.63. The second-order valence-electron chi connectivity index (χ2n) is 4.63. The molecule has 0 fully saturated rings. The van der Waals surface area contributed by atoms with Gasteiger partial charge in [0, 0.05) is 17.7 Å². The Morgan fingerprint density at radius 2 is 1.40 bits per heavy atom. The fraction of sp³-hybridized carbons (Fsp3) is 0.222. The van der Waals surface area contributed by atoms with Crippen molar-refractivity contribution in [1.29, 1.82) is 0 Å². The maximum Gasteiger partial charge on any atom is 0.193 e. The van der Waals surface area contributed by atoms with Crippen molar-refractivity contribution in [2.24, 2.45) is 0 Å². The van der Waals surface area contributed by atoms with Gasteiger partial charge in [-0.15, -0.1) is 0 Å². The van der Waals surface area contributed by atoms with E-state index in [1.54, 1.807) is 6.92 Å². The molecule has 105 valence electrons. The first-order chi connectivity index (χ1) is 9.66. The van der Waals surface area contributed by atoms with Gasteiger partial charge in [-0.05, 0) is 19.7 Å². The minimum Gasteiger partial charge on any atom is -0.305 e. The van der Waals surface area contributed by atoms with E-state index in [9.17, 15) is 4.79 Å². The molecule has 2 nitrogen and oxygen atoms in total. The fourth-order valence-corrected chi connectivity index (χ4v) is 1.88. The molecule has 0 heterocycles. The van der Waals surface area contributed by atoms with Crippen LogP contribution in [0.4, 0.5) is 0 Å². The van der Waals surface area contributed by atoms with Gasteiger partial charge in [-0.1, -0.05) is 68.4 Å². The predicted molar refractivity (Wildman–Crippen MR) is 84.7 cm³/mol. The molecule has 0 N–H and O–H groups in total. The summed E-state index contributed by atoms with van der Waals surface area (Å²) in [5.41, 5.74) is 2.69. The lowest BCUT2D eigenvalue weighted by atomic mass is 10.0. The van der Waals surface area contributed by atoms with Gasteiger partial charge in [0.2, 0.25) is 0 Å². The molecule has 0 aromatic heterocycles. The van der Waals surface area contributed by atoms with Crippen LogP contribution in [0.1, 0.15) is 28.4 Å². The van der Waals surface area contributed by atoms with Crippen LogP contribution in [0.2, 0.25) is 0 Å². The van der Waals surface area contributed by atoms with Gasteiger partial charge in [-0.2, -0.15) is 0 Å². The van der Waals surface area contributed by atoms with E-state index < -0.39 is 0 Å². The van der Waals surface area contributed by atoms with E-state index in [2.05, 4.69) is 11.8 Å². The van der Waals surface area contributed by atoms with Crippen LogP contribution in [0, 0.1) is 6.92 Å². The van der Waals surface area contributed by atoms with Crippen molar-refractivity contribution in [3.8, 4) is 0 Å². The van der Waals surface area contributed by atoms with Crippen molar-refractivity contribution < 1.29 is 4.79 Å². The average molecular weight is 268 g/mol. The zero-order valence-electron chi connectivity index (χ0n) is 12.5. The first-order valence-electron chi connectivity index (χ1n) is 6.71. The smallest absolute Gasteiger partial charge is 0.193 e. The molecule has 0 bridgehead atoms. The van der Waals surface area contributed by atoms with E-state index in [1.165, 1.54) is 5.56 Å². The minimum atomic E-state index is 0.0759. The highest BCUT2D eigenvalue weighted by molar-refractivity contribution is 6.08. The number of benzene rings is 2. The molecule has 0 saturated carbocycles. The van der Waals surface area contributed by atoms with Gasteiger partial charge >= 0.3 is 0 Å². The highest BCUT2D eigenvalue weighted by Crippen LogP contribution is 2.11. The summed E-state index contributed by atoms with van der Waals surface area (Å²) in [6.07, 6.45) is 0. The lowest BCUT2D eigenvalue weighted by molar-refractivity contribution is 0.103. The Bertz CT molecular complexity index is 515. The van der Waals surface area contributed by atoms with Crippen molar-refractivity contribution >= 4 is 5.78 Å². The molecule has 20 heavy (non-hydrogen) atoms. The van der Waals surface area contributed by atoms with E-state index >= 15 is 0 Å². The van der Waals surface area contributed by atoms with Crippen molar-refractivity contribution in [2.75, 3.05) is 14.1 Å². The van der Waals surface area contributed by atoms with Crippen molar-refractivity contribution in [1.82, 2.24) is 4.90 Å². The molecule has 0 aliphatic heterocycles. The molecular formula is C18H22NO. The molecule has 0 amide bonds. The van der Waals surface area contributed by atoms with Gasteiger partial charge in [0.15, 0.2) is 5.78 Å². The average Bonchev–Trinajstić information content (AvgIpc) is 2.50. The third kappa shape index (κ3) is 4.63. The zero-order valence-corrected chi connectivity index (χ0v) is 12.5. The zero-order chi connectivity index (χ0) is 15.0.